The van der Waals surface area contributed by atoms with Crippen LogP contribution in [0.15, 0.2) is 87.6 Å². The fraction of sp³-hybridized carbons (Fsp3) is 0.240. The molecule has 4 atom stereocenters. The van der Waals surface area contributed by atoms with E-state index in [2.05, 4.69) is 10.0 Å². The van der Waals surface area contributed by atoms with Crippen molar-refractivity contribution in [2.24, 2.45) is 5.11 Å². The Bertz CT molecular complexity index is 1530. The van der Waals surface area contributed by atoms with Crippen molar-refractivity contribution in [1.82, 2.24) is 9.55 Å². The van der Waals surface area contributed by atoms with Gasteiger partial charge >= 0.3 is 23.6 Å². The first-order chi connectivity index (χ1) is 18.7. The van der Waals surface area contributed by atoms with Gasteiger partial charge in [0.05, 0.1) is 11.1 Å². The van der Waals surface area contributed by atoms with Crippen molar-refractivity contribution in [2.45, 2.75) is 31.1 Å². The van der Waals surface area contributed by atoms with Crippen molar-refractivity contribution in [3.8, 4) is 0 Å². The number of hydrogen-bond acceptors (Lipinski definition) is 10. The molecule has 200 valence electrons. The summed E-state index contributed by atoms with van der Waals surface area (Å²) >= 11 is 0. The first-order valence-electron chi connectivity index (χ1n) is 11.4. The predicted molar refractivity (Wildman–Crippen MR) is 131 cm³/mol. The molecule has 1 saturated heterocycles. The summed E-state index contributed by atoms with van der Waals surface area (Å²) in [7, 11) is 0. The summed E-state index contributed by atoms with van der Waals surface area (Å²) < 4.78 is 23.2. The van der Waals surface area contributed by atoms with E-state index in [4.69, 9.17) is 18.9 Å². The van der Waals surface area contributed by atoms with Gasteiger partial charge < -0.3 is 18.9 Å². The molecule has 0 unspecified atom stereocenters. The zero-order chi connectivity index (χ0) is 28.0. The van der Waals surface area contributed by atoms with Crippen LogP contribution < -0.4 is 11.2 Å². The first kappa shape index (κ1) is 26.9. The van der Waals surface area contributed by atoms with Gasteiger partial charge in [0.25, 0.3) is 5.56 Å². The SMILES string of the molecule is CC(=O)O[C@H]1[C@@H](OC(=O)c2ccccc2)[C@H](n2ccc(=O)[nH]c2=O)O[C@@]1(COC(=O)c1ccccc1)N=[N+]=[N-]. The molecule has 2 aromatic carbocycles. The standard InChI is InChI=1S/C25H21N5O9/c1-15(31)37-20-19(38-23(34)17-10-6-3-7-11-17)21(30-13-12-18(32)27-24(30)35)39-25(20,28-29-26)14-36-22(33)16-8-4-2-5-9-16/h2-13,19-21H,14H2,1H3,(H,27,32,35)/t19-,20+,21-,25-/m1/s1. The number of benzene rings is 2. The molecular weight excluding hydrogens is 514 g/mol. The van der Waals surface area contributed by atoms with Crippen LogP contribution in [-0.2, 0) is 23.7 Å². The summed E-state index contributed by atoms with van der Waals surface area (Å²) in [5, 5.41) is 3.63. The number of H-pyrrole nitrogens is 1. The number of carbonyl (C=O) groups excluding carboxylic acids is 3. The second-order valence-electron chi connectivity index (χ2n) is 8.27. The first-order valence-corrected chi connectivity index (χ1v) is 11.4. The molecule has 0 saturated carbocycles. The molecule has 1 aromatic heterocycles. The van der Waals surface area contributed by atoms with E-state index in [1.165, 1.54) is 24.3 Å². The van der Waals surface area contributed by atoms with Crippen LogP contribution in [0.3, 0.4) is 0 Å². The Kier molecular flexibility index (Phi) is 7.89. The fourth-order valence-corrected chi connectivity index (χ4v) is 3.94. The molecule has 1 aliphatic rings. The van der Waals surface area contributed by atoms with Crippen LogP contribution in [0.25, 0.3) is 10.4 Å². The predicted octanol–water partition coefficient (Wildman–Crippen LogP) is 2.09. The van der Waals surface area contributed by atoms with Gasteiger partial charge in [0.2, 0.25) is 5.72 Å². The van der Waals surface area contributed by atoms with E-state index < -0.39 is 59.9 Å². The maximum atomic E-state index is 13.0. The number of azide groups is 1. The molecule has 39 heavy (non-hydrogen) atoms. The van der Waals surface area contributed by atoms with E-state index in [0.717, 1.165) is 23.8 Å². The van der Waals surface area contributed by atoms with Crippen molar-refractivity contribution in [2.75, 3.05) is 6.61 Å². The zero-order valence-corrected chi connectivity index (χ0v) is 20.3. The van der Waals surface area contributed by atoms with Crippen LogP contribution in [-0.4, -0.2) is 52.0 Å². The molecule has 0 radical (unpaired) electrons. The molecule has 14 nitrogen and oxygen atoms in total. The molecule has 0 bridgehead atoms. The van der Waals surface area contributed by atoms with E-state index in [1.807, 2.05) is 4.98 Å². The lowest BCUT2D eigenvalue weighted by Gasteiger charge is -2.29. The zero-order valence-electron chi connectivity index (χ0n) is 20.3. The van der Waals surface area contributed by atoms with Crippen molar-refractivity contribution < 1.29 is 33.3 Å². The van der Waals surface area contributed by atoms with Crippen LogP contribution in [0.2, 0.25) is 0 Å². The van der Waals surface area contributed by atoms with Crippen LogP contribution >= 0.6 is 0 Å². The van der Waals surface area contributed by atoms with Gasteiger partial charge in [-0.25, -0.2) is 14.4 Å². The van der Waals surface area contributed by atoms with Gasteiger partial charge in [-0.2, -0.15) is 0 Å². The number of ether oxygens (including phenoxy) is 4. The van der Waals surface area contributed by atoms with Gasteiger partial charge in [-0.1, -0.05) is 41.5 Å². The number of aromatic amines is 1. The minimum atomic E-state index is -2.28. The van der Waals surface area contributed by atoms with E-state index in [-0.39, 0.29) is 11.1 Å². The third-order valence-electron chi connectivity index (χ3n) is 5.65. The van der Waals surface area contributed by atoms with Crippen LogP contribution in [0.4, 0.5) is 0 Å². The maximum absolute atomic E-state index is 13.0. The van der Waals surface area contributed by atoms with Gasteiger partial charge in [-0.3, -0.25) is 19.1 Å². The van der Waals surface area contributed by atoms with Gasteiger partial charge in [0, 0.05) is 24.1 Å². The number of nitrogens with one attached hydrogen (secondary N) is 1. The highest BCUT2D eigenvalue weighted by Gasteiger charge is 2.61. The van der Waals surface area contributed by atoms with Crippen molar-refractivity contribution in [1.29, 1.82) is 0 Å². The Labute approximate surface area is 219 Å². The van der Waals surface area contributed by atoms with Gasteiger partial charge in [0.1, 0.15) is 6.61 Å². The third-order valence-corrected chi connectivity index (χ3v) is 5.65. The lowest BCUT2D eigenvalue weighted by Crippen LogP contribution is -2.49. The van der Waals surface area contributed by atoms with Crippen molar-refractivity contribution in [3.63, 3.8) is 0 Å². The van der Waals surface area contributed by atoms with E-state index in [1.54, 1.807) is 36.4 Å². The second-order valence-corrected chi connectivity index (χ2v) is 8.27. The molecule has 3 aromatic rings. The summed E-state index contributed by atoms with van der Waals surface area (Å²) in [6, 6.07) is 16.6. The van der Waals surface area contributed by atoms with E-state index in [9.17, 15) is 29.5 Å². The molecule has 1 aliphatic heterocycles. The highest BCUT2D eigenvalue weighted by Crippen LogP contribution is 2.42. The maximum Gasteiger partial charge on any atom is 0.338 e. The van der Waals surface area contributed by atoms with Crippen molar-refractivity contribution >= 4 is 17.9 Å². The molecule has 4 rings (SSSR count). The molecule has 0 spiro atoms. The molecule has 14 heteroatoms. The molecule has 2 heterocycles. The summed E-state index contributed by atoms with van der Waals surface area (Å²) in [6.45, 7) is 0.253. The molecule has 0 aliphatic carbocycles. The van der Waals surface area contributed by atoms with E-state index >= 15 is 0 Å². The quantitative estimate of drug-likeness (QED) is 0.148. The van der Waals surface area contributed by atoms with Crippen molar-refractivity contribution in [3.05, 3.63) is 115 Å². The number of nitrogens with zero attached hydrogens (tertiary/aromatic N) is 4. The Morgan fingerprint density at radius 1 is 1.00 bits per heavy atom. The van der Waals surface area contributed by atoms with Crippen LogP contribution in [0.1, 0.15) is 33.9 Å². The molecule has 1 fully saturated rings. The minimum absolute atomic E-state index is 0.114. The lowest BCUT2D eigenvalue weighted by atomic mass is 10.0. The summed E-state index contributed by atoms with van der Waals surface area (Å²) in [5.74, 6) is -2.59. The monoisotopic (exact) mass is 535 g/mol. The Balaban J connectivity index is 1.79. The lowest BCUT2D eigenvalue weighted by molar-refractivity contribution is -0.166. The largest absolute Gasteiger partial charge is 0.459 e. The van der Waals surface area contributed by atoms with Crippen LogP contribution in [0, 0.1) is 0 Å². The molecule has 1 N–H and O–H groups in total. The average molecular weight is 535 g/mol. The Morgan fingerprint density at radius 3 is 2.18 bits per heavy atom. The number of rotatable bonds is 8. The number of carbonyl (C=O) groups is 3. The van der Waals surface area contributed by atoms with Gasteiger partial charge in [-0.15, -0.1) is 0 Å². The minimum Gasteiger partial charge on any atom is -0.459 e. The highest BCUT2D eigenvalue weighted by atomic mass is 16.7. The fourth-order valence-electron chi connectivity index (χ4n) is 3.94. The highest BCUT2D eigenvalue weighted by molar-refractivity contribution is 5.90. The summed E-state index contributed by atoms with van der Waals surface area (Å²) in [4.78, 5) is 67.0. The topological polar surface area (TPSA) is 192 Å². The number of aromatic nitrogens is 2. The van der Waals surface area contributed by atoms with Gasteiger partial charge in [0.15, 0.2) is 18.4 Å². The van der Waals surface area contributed by atoms with Gasteiger partial charge in [-0.05, 0) is 29.8 Å². The number of esters is 3. The van der Waals surface area contributed by atoms with E-state index in [0.29, 0.717) is 0 Å². The average Bonchev–Trinajstić information content (AvgIpc) is 3.20. The normalized spacial score (nSPS) is 21.8. The third kappa shape index (κ3) is 5.87. The number of hydrogen-bond donors (Lipinski definition) is 1. The Morgan fingerprint density at radius 2 is 1.62 bits per heavy atom. The summed E-state index contributed by atoms with van der Waals surface area (Å²) in [5.41, 5.74) is 5.70. The smallest absolute Gasteiger partial charge is 0.338 e. The summed E-state index contributed by atoms with van der Waals surface area (Å²) in [6.07, 6.45) is -3.83. The van der Waals surface area contributed by atoms with Crippen LogP contribution in [0.5, 0.6) is 0 Å². The molecule has 0 amide bonds. The second kappa shape index (κ2) is 11.5. The Hall–Kier alpha value is -5.20. The molecular formula is C25H21N5O9.